The van der Waals surface area contributed by atoms with Gasteiger partial charge in [-0.15, -0.1) is 0 Å². The Labute approximate surface area is 174 Å². The molecule has 0 aliphatic heterocycles. The zero-order valence-electron chi connectivity index (χ0n) is 17.3. The van der Waals surface area contributed by atoms with Gasteiger partial charge in [-0.1, -0.05) is 55.8 Å². The van der Waals surface area contributed by atoms with Crippen LogP contribution in [0.15, 0.2) is 42.5 Å². The maximum Gasteiger partial charge on any atom is 0.163 e. The standard InChI is InChI=1S/C23H33ClN2O2/c1-4-26(5-2)14-10-13-25-17-20-15-22(27-6-3)23(16-21(20)24)28-18-19-11-8-7-9-12-19/h7-9,11-12,15-16,25H,4-6,10,13-14,17-18H2,1-3H3. The fraction of sp³-hybridized carbons (Fsp3) is 0.478. The first-order valence-electron chi connectivity index (χ1n) is 10.2. The second-order valence-electron chi connectivity index (χ2n) is 6.65. The summed E-state index contributed by atoms with van der Waals surface area (Å²) in [6.07, 6.45) is 1.12. The summed E-state index contributed by atoms with van der Waals surface area (Å²) in [5, 5.41) is 4.18. The van der Waals surface area contributed by atoms with Gasteiger partial charge in [0.1, 0.15) is 6.61 Å². The van der Waals surface area contributed by atoms with E-state index < -0.39 is 0 Å². The third kappa shape index (κ3) is 7.34. The van der Waals surface area contributed by atoms with Crippen molar-refractivity contribution in [3.63, 3.8) is 0 Å². The summed E-state index contributed by atoms with van der Waals surface area (Å²) in [7, 11) is 0. The molecule has 0 radical (unpaired) electrons. The molecule has 1 N–H and O–H groups in total. The number of halogens is 1. The highest BCUT2D eigenvalue weighted by molar-refractivity contribution is 6.31. The highest BCUT2D eigenvalue weighted by Crippen LogP contribution is 2.34. The van der Waals surface area contributed by atoms with Crippen LogP contribution in [0.5, 0.6) is 11.5 Å². The molecule has 0 unspecified atom stereocenters. The molecule has 0 fully saturated rings. The molecule has 0 saturated carbocycles. The Morgan fingerprint density at radius 1 is 0.964 bits per heavy atom. The Bertz CT molecular complexity index is 691. The summed E-state index contributed by atoms with van der Waals surface area (Å²) in [5.41, 5.74) is 2.14. The zero-order chi connectivity index (χ0) is 20.2. The van der Waals surface area contributed by atoms with Crippen LogP contribution in [0.1, 0.15) is 38.3 Å². The fourth-order valence-corrected chi connectivity index (χ4v) is 3.24. The normalized spacial score (nSPS) is 11.0. The second kappa shape index (κ2) is 12.7. The predicted molar refractivity (Wildman–Crippen MR) is 118 cm³/mol. The van der Waals surface area contributed by atoms with E-state index in [-0.39, 0.29) is 0 Å². The van der Waals surface area contributed by atoms with E-state index in [9.17, 15) is 0 Å². The van der Waals surface area contributed by atoms with Crippen molar-refractivity contribution < 1.29 is 9.47 Å². The number of benzene rings is 2. The Morgan fingerprint density at radius 3 is 2.36 bits per heavy atom. The third-order valence-corrected chi connectivity index (χ3v) is 5.04. The number of hydrogen-bond acceptors (Lipinski definition) is 4. The fourth-order valence-electron chi connectivity index (χ4n) is 3.02. The molecule has 0 saturated heterocycles. The van der Waals surface area contributed by atoms with Gasteiger partial charge in [0.25, 0.3) is 0 Å². The molecular formula is C23H33ClN2O2. The quantitative estimate of drug-likeness (QED) is 0.469. The lowest BCUT2D eigenvalue weighted by Gasteiger charge is -2.18. The molecule has 0 aliphatic rings. The van der Waals surface area contributed by atoms with E-state index in [0.717, 1.165) is 56.0 Å². The minimum Gasteiger partial charge on any atom is -0.490 e. The first kappa shape index (κ1) is 22.5. The first-order chi connectivity index (χ1) is 13.7. The summed E-state index contributed by atoms with van der Waals surface area (Å²) in [6, 6.07) is 13.9. The second-order valence-corrected chi connectivity index (χ2v) is 7.06. The van der Waals surface area contributed by atoms with Crippen LogP contribution in [-0.2, 0) is 13.2 Å². The van der Waals surface area contributed by atoms with Crippen molar-refractivity contribution in [3.8, 4) is 11.5 Å². The highest BCUT2D eigenvalue weighted by Gasteiger charge is 2.11. The SMILES string of the molecule is CCOc1cc(CNCCCN(CC)CC)c(Cl)cc1OCc1ccccc1. The number of nitrogens with zero attached hydrogens (tertiary/aromatic N) is 1. The Kier molecular flexibility index (Phi) is 10.2. The van der Waals surface area contributed by atoms with E-state index in [1.807, 2.05) is 49.4 Å². The molecule has 0 aromatic heterocycles. The summed E-state index contributed by atoms with van der Waals surface area (Å²) in [5.74, 6) is 1.42. The van der Waals surface area contributed by atoms with Crippen LogP contribution >= 0.6 is 11.6 Å². The molecule has 2 rings (SSSR count). The minimum absolute atomic E-state index is 0.486. The molecule has 0 spiro atoms. The lowest BCUT2D eigenvalue weighted by molar-refractivity contribution is 0.269. The van der Waals surface area contributed by atoms with Gasteiger partial charge in [0.15, 0.2) is 11.5 Å². The van der Waals surface area contributed by atoms with E-state index in [2.05, 4.69) is 24.1 Å². The van der Waals surface area contributed by atoms with Crippen molar-refractivity contribution in [2.45, 2.75) is 40.3 Å². The van der Waals surface area contributed by atoms with Crippen molar-refractivity contribution in [1.29, 1.82) is 0 Å². The number of nitrogens with one attached hydrogen (secondary N) is 1. The minimum atomic E-state index is 0.486. The Balaban J connectivity index is 1.93. The average Bonchev–Trinajstić information content (AvgIpc) is 2.72. The van der Waals surface area contributed by atoms with E-state index in [1.54, 1.807) is 0 Å². The maximum absolute atomic E-state index is 6.51. The highest BCUT2D eigenvalue weighted by atomic mass is 35.5. The molecule has 0 atom stereocenters. The molecule has 0 heterocycles. The average molecular weight is 405 g/mol. The number of hydrogen-bond donors (Lipinski definition) is 1. The molecule has 4 nitrogen and oxygen atoms in total. The van der Waals surface area contributed by atoms with Gasteiger partial charge in [-0.25, -0.2) is 0 Å². The monoisotopic (exact) mass is 404 g/mol. The van der Waals surface area contributed by atoms with Crippen LogP contribution in [0, 0.1) is 0 Å². The third-order valence-electron chi connectivity index (χ3n) is 4.69. The molecular weight excluding hydrogens is 372 g/mol. The van der Waals surface area contributed by atoms with Gasteiger partial charge >= 0.3 is 0 Å². The van der Waals surface area contributed by atoms with Gasteiger partial charge in [0.05, 0.1) is 6.61 Å². The van der Waals surface area contributed by atoms with Gasteiger partial charge in [0, 0.05) is 17.6 Å². The maximum atomic E-state index is 6.51. The zero-order valence-corrected chi connectivity index (χ0v) is 18.1. The van der Waals surface area contributed by atoms with Crippen LogP contribution in [0.2, 0.25) is 5.02 Å². The summed E-state index contributed by atoms with van der Waals surface area (Å²) in [4.78, 5) is 2.43. The van der Waals surface area contributed by atoms with E-state index in [1.165, 1.54) is 0 Å². The van der Waals surface area contributed by atoms with Crippen LogP contribution in [0.25, 0.3) is 0 Å². The first-order valence-corrected chi connectivity index (χ1v) is 10.6. The van der Waals surface area contributed by atoms with Gasteiger partial charge in [0.2, 0.25) is 0 Å². The molecule has 0 aliphatic carbocycles. The van der Waals surface area contributed by atoms with Crippen molar-refractivity contribution >= 4 is 11.6 Å². The van der Waals surface area contributed by atoms with Gasteiger partial charge < -0.3 is 19.7 Å². The van der Waals surface area contributed by atoms with Crippen LogP contribution < -0.4 is 14.8 Å². The Morgan fingerprint density at radius 2 is 1.68 bits per heavy atom. The largest absolute Gasteiger partial charge is 0.490 e. The van der Waals surface area contributed by atoms with E-state index in [0.29, 0.717) is 24.0 Å². The molecule has 0 bridgehead atoms. The summed E-state index contributed by atoms with van der Waals surface area (Å²) >= 11 is 6.51. The van der Waals surface area contributed by atoms with Crippen molar-refractivity contribution in [2.24, 2.45) is 0 Å². The lowest BCUT2D eigenvalue weighted by Crippen LogP contribution is -2.27. The summed E-state index contributed by atoms with van der Waals surface area (Å²) in [6.45, 7) is 12.4. The molecule has 154 valence electrons. The molecule has 28 heavy (non-hydrogen) atoms. The van der Waals surface area contributed by atoms with Gasteiger partial charge in [-0.05, 0) is 56.7 Å². The van der Waals surface area contributed by atoms with Gasteiger partial charge in [-0.3, -0.25) is 0 Å². The molecule has 5 heteroatoms. The smallest absolute Gasteiger partial charge is 0.163 e. The van der Waals surface area contributed by atoms with E-state index in [4.69, 9.17) is 21.1 Å². The van der Waals surface area contributed by atoms with E-state index >= 15 is 0 Å². The predicted octanol–water partition coefficient (Wildman–Crippen LogP) is 5.14. The lowest BCUT2D eigenvalue weighted by atomic mass is 10.2. The van der Waals surface area contributed by atoms with Crippen molar-refractivity contribution in [3.05, 3.63) is 58.6 Å². The summed E-state index contributed by atoms with van der Waals surface area (Å²) < 4.78 is 11.8. The molecule has 2 aromatic carbocycles. The molecule has 2 aromatic rings. The number of rotatable bonds is 13. The van der Waals surface area contributed by atoms with Crippen molar-refractivity contribution in [2.75, 3.05) is 32.8 Å². The van der Waals surface area contributed by atoms with Crippen molar-refractivity contribution in [1.82, 2.24) is 10.2 Å². The van der Waals surface area contributed by atoms with Crippen LogP contribution in [0.3, 0.4) is 0 Å². The van der Waals surface area contributed by atoms with Crippen LogP contribution in [-0.4, -0.2) is 37.7 Å². The topological polar surface area (TPSA) is 33.7 Å². The van der Waals surface area contributed by atoms with Gasteiger partial charge in [-0.2, -0.15) is 0 Å². The molecule has 0 amide bonds. The number of ether oxygens (including phenoxy) is 2. The van der Waals surface area contributed by atoms with Crippen LogP contribution in [0.4, 0.5) is 0 Å². The Hall–Kier alpha value is -1.75.